The van der Waals surface area contributed by atoms with Crippen molar-refractivity contribution in [2.45, 2.75) is 32.4 Å². The fraction of sp³-hybridized carbons (Fsp3) is 0.400. The van der Waals surface area contributed by atoms with Gasteiger partial charge in [0.25, 0.3) is 0 Å². The molecule has 0 radical (unpaired) electrons. The third-order valence-corrected chi connectivity index (χ3v) is 6.12. The quantitative estimate of drug-likeness (QED) is 0.505. The lowest BCUT2D eigenvalue weighted by Gasteiger charge is -2.25. The highest BCUT2D eigenvalue weighted by Gasteiger charge is 2.26. The molecular formula is C25H29N3O6. The molecule has 1 fully saturated rings. The molecular weight excluding hydrogens is 438 g/mol. The molecule has 9 heteroatoms. The van der Waals surface area contributed by atoms with Gasteiger partial charge in [0.1, 0.15) is 28.5 Å². The van der Waals surface area contributed by atoms with Gasteiger partial charge in [-0.05, 0) is 44.0 Å². The summed E-state index contributed by atoms with van der Waals surface area (Å²) in [5.41, 5.74) is 0.790. The summed E-state index contributed by atoms with van der Waals surface area (Å²) in [5.74, 6) is 1.28. The number of aliphatic hydroxyl groups is 1. The van der Waals surface area contributed by atoms with Crippen LogP contribution in [-0.2, 0) is 11.3 Å². The van der Waals surface area contributed by atoms with E-state index in [2.05, 4.69) is 4.90 Å². The number of fused-ring (bicyclic) bond motifs is 1. The van der Waals surface area contributed by atoms with E-state index in [1.165, 1.54) is 6.20 Å². The van der Waals surface area contributed by atoms with Gasteiger partial charge < -0.3 is 28.8 Å². The molecule has 4 rings (SSSR count). The molecule has 2 aromatic heterocycles. The molecule has 9 nitrogen and oxygen atoms in total. The number of aromatic nitrogens is 2. The molecule has 1 aliphatic rings. The number of methoxy groups -OCH3 is 2. The number of carbonyl (C=O) groups is 1. The van der Waals surface area contributed by atoms with E-state index >= 15 is 0 Å². The second-order valence-corrected chi connectivity index (χ2v) is 8.11. The predicted molar refractivity (Wildman–Crippen MR) is 128 cm³/mol. The largest absolute Gasteiger partial charge is 0.497 e. The van der Waals surface area contributed by atoms with Crippen LogP contribution >= 0.6 is 0 Å². The first-order valence-corrected chi connectivity index (χ1v) is 11.3. The number of pyridine rings is 2. The van der Waals surface area contributed by atoms with Gasteiger partial charge in [0.15, 0.2) is 0 Å². The third-order valence-electron chi connectivity index (χ3n) is 6.12. The molecule has 3 aromatic rings. The van der Waals surface area contributed by atoms with Crippen molar-refractivity contribution in [3.8, 4) is 11.5 Å². The lowest BCUT2D eigenvalue weighted by atomic mass is 10.1. The van der Waals surface area contributed by atoms with Crippen molar-refractivity contribution in [2.24, 2.45) is 0 Å². The summed E-state index contributed by atoms with van der Waals surface area (Å²) in [5, 5.41) is 10.1. The Morgan fingerprint density at radius 2 is 2.03 bits per heavy atom. The Bertz CT molecular complexity index is 1260. The normalized spacial score (nSPS) is 15.5. The average Bonchev–Trinajstić information content (AvgIpc) is 3.34. The maximum absolute atomic E-state index is 13.2. The van der Waals surface area contributed by atoms with E-state index in [9.17, 15) is 14.7 Å². The first kappa shape index (κ1) is 23.6. The lowest BCUT2D eigenvalue weighted by Crippen LogP contribution is -2.33. The van der Waals surface area contributed by atoms with E-state index in [-0.39, 0.29) is 24.8 Å². The fourth-order valence-corrected chi connectivity index (χ4v) is 4.38. The SMILES string of the molecule is CCOC(=O)c1cn(Cc2ccc(OC)cc2OC)c2nc(N3CCCC3CO)ccc2c1=O. The van der Waals surface area contributed by atoms with Crippen molar-refractivity contribution in [1.29, 1.82) is 0 Å². The van der Waals surface area contributed by atoms with Crippen LogP contribution < -0.4 is 19.8 Å². The minimum Gasteiger partial charge on any atom is -0.497 e. The highest BCUT2D eigenvalue weighted by molar-refractivity contribution is 5.93. The number of hydrogen-bond donors (Lipinski definition) is 1. The van der Waals surface area contributed by atoms with Crippen LogP contribution in [0.2, 0.25) is 0 Å². The lowest BCUT2D eigenvalue weighted by molar-refractivity contribution is 0.0524. The maximum Gasteiger partial charge on any atom is 0.343 e. The zero-order valence-electron chi connectivity index (χ0n) is 19.6. The summed E-state index contributed by atoms with van der Waals surface area (Å²) >= 11 is 0. The van der Waals surface area contributed by atoms with Crippen molar-refractivity contribution in [3.05, 3.63) is 57.9 Å². The number of nitrogens with zero attached hydrogens (tertiary/aromatic N) is 3. The van der Waals surface area contributed by atoms with Crippen LogP contribution in [0.4, 0.5) is 5.82 Å². The third kappa shape index (κ3) is 4.43. The first-order chi connectivity index (χ1) is 16.5. The zero-order chi connectivity index (χ0) is 24.2. The maximum atomic E-state index is 13.2. The summed E-state index contributed by atoms with van der Waals surface area (Å²) in [7, 11) is 3.16. The molecule has 1 aliphatic heterocycles. The van der Waals surface area contributed by atoms with Gasteiger partial charge in [-0.3, -0.25) is 4.79 Å². The molecule has 1 atom stereocenters. The summed E-state index contributed by atoms with van der Waals surface area (Å²) in [4.78, 5) is 32.6. The van der Waals surface area contributed by atoms with Gasteiger partial charge in [-0.15, -0.1) is 0 Å². The Morgan fingerprint density at radius 1 is 1.21 bits per heavy atom. The summed E-state index contributed by atoms with van der Waals surface area (Å²) in [6.07, 6.45) is 3.34. The number of benzene rings is 1. The van der Waals surface area contributed by atoms with Gasteiger partial charge in [-0.2, -0.15) is 0 Å². The fourth-order valence-electron chi connectivity index (χ4n) is 4.38. The zero-order valence-corrected chi connectivity index (χ0v) is 19.6. The van der Waals surface area contributed by atoms with Crippen LogP contribution in [0.3, 0.4) is 0 Å². The van der Waals surface area contributed by atoms with Crippen molar-refractivity contribution >= 4 is 22.8 Å². The molecule has 1 unspecified atom stereocenters. The van der Waals surface area contributed by atoms with Crippen LogP contribution in [0.15, 0.2) is 41.3 Å². The molecule has 34 heavy (non-hydrogen) atoms. The second-order valence-electron chi connectivity index (χ2n) is 8.11. The average molecular weight is 468 g/mol. The Morgan fingerprint density at radius 3 is 2.74 bits per heavy atom. The van der Waals surface area contributed by atoms with Gasteiger partial charge in [0, 0.05) is 24.4 Å². The summed E-state index contributed by atoms with van der Waals surface area (Å²) in [6.45, 7) is 2.98. The van der Waals surface area contributed by atoms with E-state index in [1.807, 2.05) is 12.1 Å². The monoisotopic (exact) mass is 467 g/mol. The molecule has 1 saturated heterocycles. The van der Waals surface area contributed by atoms with E-state index in [0.717, 1.165) is 24.9 Å². The highest BCUT2D eigenvalue weighted by Crippen LogP contribution is 2.28. The number of esters is 1. The molecule has 0 spiro atoms. The number of anilines is 1. The van der Waals surface area contributed by atoms with Crippen LogP contribution in [0.1, 0.15) is 35.7 Å². The molecule has 180 valence electrons. The molecule has 1 N–H and O–H groups in total. The Hall–Kier alpha value is -3.59. The highest BCUT2D eigenvalue weighted by atomic mass is 16.5. The van der Waals surface area contributed by atoms with Crippen LogP contribution in [0.25, 0.3) is 11.0 Å². The minimum absolute atomic E-state index is 0.00870. The predicted octanol–water partition coefficient (Wildman–Crippen LogP) is 2.60. The van der Waals surface area contributed by atoms with Crippen LogP contribution in [-0.4, -0.2) is 60.6 Å². The van der Waals surface area contributed by atoms with E-state index in [4.69, 9.17) is 19.2 Å². The van der Waals surface area contributed by atoms with Gasteiger partial charge in [0.2, 0.25) is 5.43 Å². The van der Waals surface area contributed by atoms with Crippen molar-refractivity contribution in [3.63, 3.8) is 0 Å². The number of ether oxygens (including phenoxy) is 3. The van der Waals surface area contributed by atoms with Crippen LogP contribution in [0.5, 0.6) is 11.5 Å². The van der Waals surface area contributed by atoms with E-state index in [0.29, 0.717) is 34.9 Å². The summed E-state index contributed by atoms with van der Waals surface area (Å²) in [6, 6.07) is 8.93. The first-order valence-electron chi connectivity index (χ1n) is 11.3. The molecule has 0 amide bonds. The van der Waals surface area contributed by atoms with Crippen molar-refractivity contribution in [2.75, 3.05) is 38.9 Å². The molecule has 0 aliphatic carbocycles. The number of carbonyl (C=O) groups excluding carboxylic acids is 1. The van der Waals surface area contributed by atoms with Crippen molar-refractivity contribution < 1.29 is 24.1 Å². The second kappa shape index (κ2) is 10.1. The number of aliphatic hydroxyl groups excluding tert-OH is 1. The Balaban J connectivity index is 1.88. The number of rotatable bonds is 8. The Labute approximate surface area is 197 Å². The van der Waals surface area contributed by atoms with Gasteiger partial charge in [0.05, 0.1) is 45.4 Å². The molecule has 0 saturated carbocycles. The van der Waals surface area contributed by atoms with E-state index in [1.54, 1.807) is 43.9 Å². The van der Waals surface area contributed by atoms with Gasteiger partial charge in [-0.25, -0.2) is 9.78 Å². The van der Waals surface area contributed by atoms with Crippen molar-refractivity contribution in [1.82, 2.24) is 9.55 Å². The van der Waals surface area contributed by atoms with Gasteiger partial charge in [-0.1, -0.05) is 0 Å². The Kier molecular flexibility index (Phi) is 7.02. The smallest absolute Gasteiger partial charge is 0.343 e. The topological polar surface area (TPSA) is 103 Å². The van der Waals surface area contributed by atoms with E-state index < -0.39 is 11.4 Å². The number of hydrogen-bond acceptors (Lipinski definition) is 8. The van der Waals surface area contributed by atoms with Crippen LogP contribution in [0, 0.1) is 0 Å². The molecule has 3 heterocycles. The molecule has 0 bridgehead atoms. The summed E-state index contributed by atoms with van der Waals surface area (Å²) < 4.78 is 17.7. The minimum atomic E-state index is -0.672. The standard InChI is InChI=1S/C25H29N3O6/c1-4-34-25(31)20-14-27(13-16-7-8-18(32-2)12-21(16)33-3)24-19(23(20)30)9-10-22(26-24)28-11-5-6-17(28)15-29/h7-10,12,14,17,29H,4-6,11,13,15H2,1-3H3. The van der Waals surface area contributed by atoms with Gasteiger partial charge >= 0.3 is 5.97 Å². The molecule has 1 aromatic carbocycles.